The van der Waals surface area contributed by atoms with Gasteiger partial charge in [-0.15, -0.1) is 0 Å². The molecule has 0 aliphatic carbocycles. The first kappa shape index (κ1) is 9.42. The number of nitrogens with zero attached hydrogens (tertiary/aromatic N) is 2. The average Bonchev–Trinajstić information content (AvgIpc) is 2.57. The van der Waals surface area contributed by atoms with Crippen LogP contribution in [0.5, 0.6) is 0 Å². The number of nitrogens with one attached hydrogen (secondary N) is 1. The maximum atomic E-state index is 10.7. The summed E-state index contributed by atoms with van der Waals surface area (Å²) in [7, 11) is 0. The van der Waals surface area contributed by atoms with Gasteiger partial charge in [0.05, 0.1) is 12.3 Å². The van der Waals surface area contributed by atoms with Crippen LogP contribution in [0.25, 0.3) is 0 Å². The Morgan fingerprint density at radius 1 is 1.85 bits per heavy atom. The van der Waals surface area contributed by atoms with Gasteiger partial charge in [0, 0.05) is 5.56 Å². The highest BCUT2D eigenvalue weighted by Crippen LogP contribution is 2.01. The topological polar surface area (TPSA) is 65.2 Å². The molecular weight excluding hydrogens is 186 g/mol. The lowest BCUT2D eigenvalue weighted by molar-refractivity contribution is -0.120. The van der Waals surface area contributed by atoms with Gasteiger partial charge in [0.1, 0.15) is 6.42 Å². The number of hydrogen-bond donors (Lipinski definition) is 1. The molecule has 0 unspecified atom stereocenters. The lowest BCUT2D eigenvalue weighted by Gasteiger charge is -1.90. The predicted octanol–water partition coefficient (Wildman–Crippen LogP) is 1.11. The van der Waals surface area contributed by atoms with Crippen molar-refractivity contribution in [2.45, 2.75) is 6.42 Å². The Morgan fingerprint density at radius 3 is 3.31 bits per heavy atom. The van der Waals surface area contributed by atoms with E-state index in [-0.39, 0.29) is 6.42 Å². The first-order valence-corrected chi connectivity index (χ1v) is 4.48. The minimum absolute atomic E-state index is 0.166. The van der Waals surface area contributed by atoms with Crippen molar-refractivity contribution in [3.05, 3.63) is 22.4 Å². The van der Waals surface area contributed by atoms with Crippen LogP contribution in [0.4, 0.5) is 0 Å². The molecule has 1 aromatic heterocycles. The lowest BCUT2D eigenvalue weighted by atomic mass is 10.4. The molecule has 66 valence electrons. The Morgan fingerprint density at radius 2 is 2.69 bits per heavy atom. The van der Waals surface area contributed by atoms with E-state index in [9.17, 15) is 4.79 Å². The fraction of sp³-hybridized carbons (Fsp3) is 0.125. The molecule has 0 spiro atoms. The van der Waals surface area contributed by atoms with Gasteiger partial charge in [-0.25, -0.2) is 5.43 Å². The Kier molecular flexibility index (Phi) is 3.67. The minimum Gasteiger partial charge on any atom is -0.272 e. The minimum atomic E-state index is -0.394. The van der Waals surface area contributed by atoms with Crippen LogP contribution in [0.1, 0.15) is 12.0 Å². The maximum Gasteiger partial charge on any atom is 0.254 e. The summed E-state index contributed by atoms with van der Waals surface area (Å²) in [4.78, 5) is 10.7. The first-order chi connectivity index (χ1) is 6.33. The number of hydrogen-bond acceptors (Lipinski definition) is 4. The number of thiophene rings is 1. The maximum absolute atomic E-state index is 10.7. The van der Waals surface area contributed by atoms with E-state index in [1.54, 1.807) is 17.4 Å². The standard InChI is InChI=1S/C8H7N3OS/c9-3-1-8(12)11-10-5-7-2-4-13-6-7/h2,4-6H,1H2,(H,11,12)/b10-5-. The van der Waals surface area contributed by atoms with Crippen LogP contribution in [0.2, 0.25) is 0 Å². The normalized spacial score (nSPS) is 9.77. The summed E-state index contributed by atoms with van der Waals surface area (Å²) in [5, 5.41) is 15.6. The number of amides is 1. The van der Waals surface area contributed by atoms with Gasteiger partial charge in [-0.1, -0.05) is 0 Å². The zero-order valence-electron chi connectivity index (χ0n) is 6.73. The summed E-state index contributed by atoms with van der Waals surface area (Å²) >= 11 is 1.55. The van der Waals surface area contributed by atoms with Crippen LogP contribution in [-0.2, 0) is 4.79 Å². The van der Waals surface area contributed by atoms with Crippen LogP contribution < -0.4 is 5.43 Å². The molecule has 1 N–H and O–H groups in total. The second-order valence-corrected chi connectivity index (χ2v) is 2.96. The molecule has 1 aromatic rings. The third-order valence-corrected chi connectivity index (χ3v) is 1.89. The largest absolute Gasteiger partial charge is 0.272 e. The zero-order valence-corrected chi connectivity index (χ0v) is 7.54. The highest BCUT2D eigenvalue weighted by molar-refractivity contribution is 7.08. The molecule has 0 aliphatic heterocycles. The molecule has 0 atom stereocenters. The fourth-order valence-corrected chi connectivity index (χ4v) is 1.25. The molecule has 0 radical (unpaired) electrons. The summed E-state index contributed by atoms with van der Waals surface area (Å²) in [6.45, 7) is 0. The Balaban J connectivity index is 2.35. The molecule has 13 heavy (non-hydrogen) atoms. The molecule has 0 aromatic carbocycles. The third kappa shape index (κ3) is 3.49. The van der Waals surface area contributed by atoms with Gasteiger partial charge in [-0.3, -0.25) is 4.79 Å². The van der Waals surface area contributed by atoms with E-state index >= 15 is 0 Å². The van der Waals surface area contributed by atoms with Crippen LogP contribution in [0.3, 0.4) is 0 Å². The van der Waals surface area contributed by atoms with Crippen LogP contribution in [-0.4, -0.2) is 12.1 Å². The predicted molar refractivity (Wildman–Crippen MR) is 50.3 cm³/mol. The second-order valence-electron chi connectivity index (χ2n) is 2.18. The highest BCUT2D eigenvalue weighted by atomic mass is 32.1. The number of carbonyl (C=O) groups is 1. The molecule has 0 bridgehead atoms. The summed E-state index contributed by atoms with van der Waals surface area (Å²) < 4.78 is 0. The smallest absolute Gasteiger partial charge is 0.254 e. The SMILES string of the molecule is N#CCC(=O)N/N=C\c1ccsc1. The monoisotopic (exact) mass is 193 g/mol. The van der Waals surface area contributed by atoms with Crippen molar-refractivity contribution in [1.29, 1.82) is 5.26 Å². The summed E-state index contributed by atoms with van der Waals surface area (Å²) in [6, 6.07) is 3.61. The van der Waals surface area contributed by atoms with Gasteiger partial charge in [-0.05, 0) is 16.8 Å². The summed E-state index contributed by atoms with van der Waals surface area (Å²) in [6.07, 6.45) is 1.37. The van der Waals surface area contributed by atoms with E-state index in [1.807, 2.05) is 16.8 Å². The van der Waals surface area contributed by atoms with E-state index in [4.69, 9.17) is 5.26 Å². The number of carbonyl (C=O) groups excluding carboxylic acids is 1. The quantitative estimate of drug-likeness (QED) is 0.577. The van der Waals surface area contributed by atoms with Gasteiger partial charge in [-0.2, -0.15) is 21.7 Å². The van der Waals surface area contributed by atoms with Crippen molar-refractivity contribution in [3.8, 4) is 6.07 Å². The first-order valence-electron chi connectivity index (χ1n) is 3.54. The van der Waals surface area contributed by atoms with E-state index in [1.165, 1.54) is 6.21 Å². The number of rotatable bonds is 3. The molecule has 1 heterocycles. The molecule has 0 saturated heterocycles. The van der Waals surface area contributed by atoms with Crippen molar-refractivity contribution in [1.82, 2.24) is 5.43 Å². The molecule has 1 rings (SSSR count). The zero-order chi connectivity index (χ0) is 9.52. The van der Waals surface area contributed by atoms with Crippen molar-refractivity contribution in [2.24, 2.45) is 5.10 Å². The van der Waals surface area contributed by atoms with Crippen molar-refractivity contribution >= 4 is 23.5 Å². The Hall–Kier alpha value is -1.67. The number of nitriles is 1. The van der Waals surface area contributed by atoms with E-state index in [0.717, 1.165) is 5.56 Å². The summed E-state index contributed by atoms with van der Waals surface area (Å²) in [5.41, 5.74) is 3.17. The van der Waals surface area contributed by atoms with Gasteiger partial charge in [0.15, 0.2) is 0 Å². The third-order valence-electron chi connectivity index (χ3n) is 1.19. The molecular formula is C8H7N3OS. The van der Waals surface area contributed by atoms with E-state index in [2.05, 4.69) is 10.5 Å². The van der Waals surface area contributed by atoms with E-state index in [0.29, 0.717) is 0 Å². The molecule has 1 amide bonds. The molecule has 0 fully saturated rings. The van der Waals surface area contributed by atoms with Gasteiger partial charge in [0.2, 0.25) is 0 Å². The highest BCUT2D eigenvalue weighted by Gasteiger charge is 1.94. The van der Waals surface area contributed by atoms with Crippen LogP contribution in [0, 0.1) is 11.3 Å². The molecule has 5 heteroatoms. The molecule has 0 saturated carbocycles. The van der Waals surface area contributed by atoms with E-state index < -0.39 is 5.91 Å². The van der Waals surface area contributed by atoms with Crippen molar-refractivity contribution < 1.29 is 4.79 Å². The summed E-state index contributed by atoms with van der Waals surface area (Å²) in [5.74, 6) is -0.394. The second kappa shape index (κ2) is 5.06. The van der Waals surface area contributed by atoms with Crippen LogP contribution in [0.15, 0.2) is 21.9 Å². The van der Waals surface area contributed by atoms with Crippen LogP contribution >= 0.6 is 11.3 Å². The fourth-order valence-electron chi connectivity index (χ4n) is 0.639. The van der Waals surface area contributed by atoms with Gasteiger partial charge in [0.25, 0.3) is 5.91 Å². The Bertz CT molecular complexity index is 337. The number of hydrazone groups is 1. The lowest BCUT2D eigenvalue weighted by Crippen LogP contribution is -2.15. The molecule has 0 aliphatic rings. The molecule has 4 nitrogen and oxygen atoms in total. The van der Waals surface area contributed by atoms with Gasteiger partial charge < -0.3 is 0 Å². The Labute approximate surface area is 79.5 Å². The van der Waals surface area contributed by atoms with Crippen molar-refractivity contribution in [2.75, 3.05) is 0 Å². The van der Waals surface area contributed by atoms with Gasteiger partial charge >= 0.3 is 0 Å². The van der Waals surface area contributed by atoms with Crippen molar-refractivity contribution in [3.63, 3.8) is 0 Å². The average molecular weight is 193 g/mol.